The van der Waals surface area contributed by atoms with Crippen molar-refractivity contribution in [3.63, 3.8) is 0 Å². The van der Waals surface area contributed by atoms with E-state index in [1.165, 1.54) is 65.0 Å². The van der Waals surface area contributed by atoms with Crippen LogP contribution < -0.4 is 0 Å². The molecule has 1 aromatic heterocycles. The van der Waals surface area contributed by atoms with Crippen molar-refractivity contribution in [2.24, 2.45) is 7.05 Å². The Balaban J connectivity index is 0.00000158. The standard InChI is InChI=1S/C36H39NS.C2H6/c1-9-22(2)24-18-25-26-19-30-34(38-33-17-13-12-16-28(33)36(30,6)7)21-32(26)37(8)31(25)20-29(24)35(4,5)27-15-11-10-14-23(27)3;1-2/h10-22H,9H2,1-8H3;1-2H3. The third-order valence-electron chi connectivity index (χ3n) is 9.37. The first kappa shape index (κ1) is 28.6. The molecule has 6 rings (SSSR count). The minimum atomic E-state index is -0.0898. The van der Waals surface area contributed by atoms with Gasteiger partial charge in [-0.2, -0.15) is 0 Å². The van der Waals surface area contributed by atoms with E-state index in [0.717, 1.165) is 6.42 Å². The first-order chi connectivity index (χ1) is 19.1. The van der Waals surface area contributed by atoms with Gasteiger partial charge >= 0.3 is 0 Å². The molecule has 0 saturated heterocycles. The molecule has 0 amide bonds. The van der Waals surface area contributed by atoms with Gasteiger partial charge in [0.25, 0.3) is 0 Å². The van der Waals surface area contributed by atoms with Crippen LogP contribution in [0.1, 0.15) is 101 Å². The number of aryl methyl sites for hydroxylation is 2. The summed E-state index contributed by atoms with van der Waals surface area (Å²) in [5.41, 5.74) is 11.1. The molecule has 0 radical (unpaired) electrons. The molecule has 0 N–H and O–H groups in total. The van der Waals surface area contributed by atoms with E-state index < -0.39 is 0 Å². The Hall–Kier alpha value is -2.97. The highest BCUT2D eigenvalue weighted by molar-refractivity contribution is 7.99. The average molecular weight is 548 g/mol. The summed E-state index contributed by atoms with van der Waals surface area (Å²) in [4.78, 5) is 2.76. The van der Waals surface area contributed by atoms with Gasteiger partial charge in [-0.15, -0.1) is 0 Å². The molecule has 2 heterocycles. The molecule has 2 heteroatoms. The van der Waals surface area contributed by atoms with Crippen LogP contribution in [0.3, 0.4) is 0 Å². The van der Waals surface area contributed by atoms with Crippen molar-refractivity contribution in [1.82, 2.24) is 4.57 Å². The zero-order chi connectivity index (χ0) is 29.0. The fourth-order valence-corrected chi connectivity index (χ4v) is 8.20. The minimum absolute atomic E-state index is 0.0279. The molecule has 1 nitrogen and oxygen atoms in total. The lowest BCUT2D eigenvalue weighted by molar-refractivity contribution is 0.608. The van der Waals surface area contributed by atoms with Gasteiger partial charge in [-0.05, 0) is 83.0 Å². The van der Waals surface area contributed by atoms with Gasteiger partial charge in [-0.3, -0.25) is 0 Å². The molecule has 0 aliphatic carbocycles. The summed E-state index contributed by atoms with van der Waals surface area (Å²) in [6, 6.07) is 27.8. The summed E-state index contributed by atoms with van der Waals surface area (Å²) < 4.78 is 2.43. The van der Waals surface area contributed by atoms with Crippen LogP contribution in [-0.2, 0) is 17.9 Å². The summed E-state index contributed by atoms with van der Waals surface area (Å²) in [7, 11) is 2.25. The molecular weight excluding hydrogens is 502 g/mol. The second-order valence-corrected chi connectivity index (χ2v) is 13.4. The topological polar surface area (TPSA) is 4.93 Å². The van der Waals surface area contributed by atoms with Crippen LogP contribution in [0, 0.1) is 6.92 Å². The van der Waals surface area contributed by atoms with Crippen LogP contribution in [0.5, 0.6) is 0 Å². The van der Waals surface area contributed by atoms with Gasteiger partial charge in [-0.25, -0.2) is 0 Å². The highest BCUT2D eigenvalue weighted by Gasteiger charge is 2.34. The molecule has 5 aromatic rings. The Kier molecular flexibility index (Phi) is 7.46. The van der Waals surface area contributed by atoms with E-state index in [4.69, 9.17) is 0 Å². The molecule has 1 unspecified atom stereocenters. The van der Waals surface area contributed by atoms with Crippen molar-refractivity contribution in [2.75, 3.05) is 0 Å². The molecule has 0 spiro atoms. The predicted molar refractivity (Wildman–Crippen MR) is 176 cm³/mol. The Morgan fingerprint density at radius 1 is 0.800 bits per heavy atom. The Morgan fingerprint density at radius 3 is 2.12 bits per heavy atom. The van der Waals surface area contributed by atoms with Crippen LogP contribution in [0.4, 0.5) is 0 Å². The van der Waals surface area contributed by atoms with Crippen LogP contribution in [0.25, 0.3) is 21.8 Å². The predicted octanol–water partition coefficient (Wildman–Crippen LogP) is 11.3. The van der Waals surface area contributed by atoms with E-state index in [2.05, 4.69) is 133 Å². The van der Waals surface area contributed by atoms with Gasteiger partial charge in [0, 0.05) is 49.5 Å². The maximum Gasteiger partial charge on any atom is 0.0500 e. The molecule has 40 heavy (non-hydrogen) atoms. The van der Waals surface area contributed by atoms with Gasteiger partial charge in [0.05, 0.1) is 0 Å². The van der Waals surface area contributed by atoms with Gasteiger partial charge in [0.1, 0.15) is 0 Å². The fraction of sp³-hybridized carbons (Fsp3) is 0.368. The summed E-state index contributed by atoms with van der Waals surface area (Å²) in [5.74, 6) is 0.490. The Bertz CT molecular complexity index is 1720. The first-order valence-electron chi connectivity index (χ1n) is 15.0. The maximum absolute atomic E-state index is 2.53. The van der Waals surface area contributed by atoms with Crippen LogP contribution in [0.15, 0.2) is 82.6 Å². The van der Waals surface area contributed by atoms with E-state index in [9.17, 15) is 0 Å². The van der Waals surface area contributed by atoms with Gasteiger partial charge in [0.15, 0.2) is 0 Å². The van der Waals surface area contributed by atoms with E-state index in [0.29, 0.717) is 5.92 Å². The van der Waals surface area contributed by atoms with Crippen LogP contribution >= 0.6 is 11.8 Å². The van der Waals surface area contributed by atoms with Crippen LogP contribution in [-0.4, -0.2) is 4.57 Å². The van der Waals surface area contributed by atoms with Crippen molar-refractivity contribution in [1.29, 1.82) is 0 Å². The van der Waals surface area contributed by atoms with E-state index in [-0.39, 0.29) is 10.8 Å². The lowest BCUT2D eigenvalue weighted by Gasteiger charge is -2.34. The summed E-state index contributed by atoms with van der Waals surface area (Å²) in [6.07, 6.45) is 1.13. The van der Waals surface area contributed by atoms with Crippen molar-refractivity contribution in [2.45, 2.75) is 95.3 Å². The zero-order valence-corrected chi connectivity index (χ0v) is 26.9. The van der Waals surface area contributed by atoms with Gasteiger partial charge in [0.2, 0.25) is 0 Å². The Morgan fingerprint density at radius 2 is 1.43 bits per heavy atom. The van der Waals surface area contributed by atoms with Crippen molar-refractivity contribution in [3.8, 4) is 0 Å². The second kappa shape index (κ2) is 10.5. The summed E-state index contributed by atoms with van der Waals surface area (Å²) in [6.45, 7) is 20.5. The first-order valence-corrected chi connectivity index (χ1v) is 15.8. The number of hydrogen-bond acceptors (Lipinski definition) is 1. The van der Waals surface area contributed by atoms with Gasteiger partial charge in [-0.1, -0.05) is 110 Å². The van der Waals surface area contributed by atoms with Crippen LogP contribution in [0.2, 0.25) is 0 Å². The highest BCUT2D eigenvalue weighted by Crippen LogP contribution is 2.51. The third kappa shape index (κ3) is 4.31. The van der Waals surface area contributed by atoms with Crippen molar-refractivity contribution in [3.05, 3.63) is 106 Å². The monoisotopic (exact) mass is 547 g/mol. The maximum atomic E-state index is 2.53. The summed E-state index contributed by atoms with van der Waals surface area (Å²) in [5, 5.41) is 2.75. The number of aromatic nitrogens is 1. The Labute approximate surface area is 246 Å². The molecule has 1 aliphatic rings. The van der Waals surface area contributed by atoms with Crippen molar-refractivity contribution < 1.29 is 0 Å². The fourth-order valence-electron chi connectivity index (χ4n) is 6.79. The number of rotatable bonds is 4. The van der Waals surface area contributed by atoms with Gasteiger partial charge < -0.3 is 4.57 Å². The molecule has 1 aliphatic heterocycles. The highest BCUT2D eigenvalue weighted by atomic mass is 32.2. The molecule has 208 valence electrons. The smallest absolute Gasteiger partial charge is 0.0500 e. The number of nitrogens with zero attached hydrogens (tertiary/aromatic N) is 1. The van der Waals surface area contributed by atoms with E-state index in [1.807, 2.05) is 25.6 Å². The number of hydrogen-bond donors (Lipinski definition) is 0. The molecular formula is C38H45NS. The van der Waals surface area contributed by atoms with E-state index in [1.54, 1.807) is 0 Å². The molecule has 1 atom stereocenters. The lowest BCUT2D eigenvalue weighted by Crippen LogP contribution is -2.23. The SMILES string of the molecule is CC.CCC(C)c1cc2c3cc4c(cc3n(C)c2cc1C(C)(C)c1ccccc1C)Sc1ccccc1C4(C)C. The second-order valence-electron chi connectivity index (χ2n) is 12.4. The summed E-state index contributed by atoms with van der Waals surface area (Å²) >= 11 is 1.92. The normalized spacial score (nSPS) is 14.8. The van der Waals surface area contributed by atoms with E-state index >= 15 is 0 Å². The number of fused-ring (bicyclic) bond motifs is 5. The zero-order valence-electron chi connectivity index (χ0n) is 26.1. The molecule has 0 bridgehead atoms. The molecule has 4 aromatic carbocycles. The largest absolute Gasteiger partial charge is 0.344 e. The molecule has 0 saturated carbocycles. The minimum Gasteiger partial charge on any atom is -0.344 e. The average Bonchev–Trinajstić information content (AvgIpc) is 3.22. The third-order valence-corrected chi connectivity index (χ3v) is 10.5. The quantitative estimate of drug-likeness (QED) is 0.217. The molecule has 0 fully saturated rings. The van der Waals surface area contributed by atoms with Crippen molar-refractivity contribution >= 4 is 33.6 Å². The number of benzene rings is 4. The lowest BCUT2D eigenvalue weighted by atomic mass is 9.72.